The molecule has 0 amide bonds. The highest BCUT2D eigenvalue weighted by atomic mass is 14.7. The zero-order chi connectivity index (χ0) is 27.4. The Morgan fingerprint density at radius 1 is 0.525 bits per heavy atom. The van der Waals surface area contributed by atoms with Crippen LogP contribution in [0.15, 0.2) is 85.2 Å². The molecular formula is C38H44N2. The first-order valence-corrected chi connectivity index (χ1v) is 15.6. The summed E-state index contributed by atoms with van der Waals surface area (Å²) in [5.74, 6) is 0. The second-order valence-corrected chi connectivity index (χ2v) is 13.1. The Balaban J connectivity index is 1.18. The maximum atomic E-state index is 4.76. The molecule has 2 nitrogen and oxygen atoms in total. The molecule has 40 heavy (non-hydrogen) atoms. The number of nitrogens with zero attached hydrogens (tertiary/aromatic N) is 2. The molecule has 0 unspecified atom stereocenters. The average molecular weight is 529 g/mol. The smallest absolute Gasteiger partial charge is 0.0450 e. The summed E-state index contributed by atoms with van der Waals surface area (Å²) >= 11 is 0. The SMILES string of the molecule is CC1(c2ccnc(Cc3cccc(-c4cccc(Cc5cc(C6(C)CCCCC6)ccn5)c4)c3)c2)CCCCC1. The van der Waals surface area contributed by atoms with Crippen molar-refractivity contribution in [1.29, 1.82) is 0 Å². The van der Waals surface area contributed by atoms with Crippen molar-refractivity contribution in [2.75, 3.05) is 0 Å². The number of rotatable bonds is 7. The van der Waals surface area contributed by atoms with E-state index < -0.39 is 0 Å². The molecule has 0 saturated heterocycles. The van der Waals surface area contributed by atoms with Gasteiger partial charge in [-0.15, -0.1) is 0 Å². The minimum Gasteiger partial charge on any atom is -0.261 e. The summed E-state index contributed by atoms with van der Waals surface area (Å²) in [6, 6.07) is 27.3. The van der Waals surface area contributed by atoms with E-state index in [1.54, 1.807) is 0 Å². The minimum absolute atomic E-state index is 0.306. The summed E-state index contributed by atoms with van der Waals surface area (Å²) in [5, 5.41) is 0. The van der Waals surface area contributed by atoms with Gasteiger partial charge in [-0.3, -0.25) is 9.97 Å². The molecule has 0 aliphatic heterocycles. The van der Waals surface area contributed by atoms with Crippen LogP contribution in [0, 0.1) is 0 Å². The Hall–Kier alpha value is -3.26. The van der Waals surface area contributed by atoms with E-state index in [0.29, 0.717) is 10.8 Å². The predicted molar refractivity (Wildman–Crippen MR) is 167 cm³/mol. The van der Waals surface area contributed by atoms with Crippen molar-refractivity contribution >= 4 is 0 Å². The van der Waals surface area contributed by atoms with Gasteiger partial charge in [-0.05, 0) is 94.2 Å². The molecule has 2 heterocycles. The third kappa shape index (κ3) is 6.07. The summed E-state index contributed by atoms with van der Waals surface area (Å²) in [7, 11) is 0. The van der Waals surface area contributed by atoms with Gasteiger partial charge in [0.15, 0.2) is 0 Å². The molecule has 6 rings (SSSR count). The monoisotopic (exact) mass is 528 g/mol. The van der Waals surface area contributed by atoms with Crippen molar-refractivity contribution in [3.8, 4) is 11.1 Å². The molecule has 0 N–H and O–H groups in total. The predicted octanol–water partition coefficient (Wildman–Crippen LogP) is 9.77. The normalized spacial score (nSPS) is 18.4. The fourth-order valence-corrected chi connectivity index (χ4v) is 7.28. The molecule has 2 aromatic heterocycles. The number of hydrogen-bond acceptors (Lipinski definition) is 2. The van der Waals surface area contributed by atoms with Crippen molar-refractivity contribution < 1.29 is 0 Å². The molecule has 2 aliphatic rings. The first-order valence-electron chi connectivity index (χ1n) is 15.6. The van der Waals surface area contributed by atoms with Gasteiger partial charge in [0.25, 0.3) is 0 Å². The lowest BCUT2D eigenvalue weighted by atomic mass is 9.71. The van der Waals surface area contributed by atoms with Crippen LogP contribution in [0.3, 0.4) is 0 Å². The molecule has 0 bridgehead atoms. The van der Waals surface area contributed by atoms with Crippen molar-refractivity contribution in [2.45, 2.75) is 102 Å². The first kappa shape index (κ1) is 26.9. The van der Waals surface area contributed by atoms with E-state index >= 15 is 0 Å². The summed E-state index contributed by atoms with van der Waals surface area (Å²) in [6.07, 6.45) is 19.1. The minimum atomic E-state index is 0.306. The largest absolute Gasteiger partial charge is 0.261 e. The Morgan fingerprint density at radius 3 is 1.38 bits per heavy atom. The van der Waals surface area contributed by atoms with Gasteiger partial charge in [-0.25, -0.2) is 0 Å². The molecule has 4 aromatic rings. The van der Waals surface area contributed by atoms with E-state index in [2.05, 4.69) is 86.6 Å². The van der Waals surface area contributed by atoms with Crippen LogP contribution in [0.25, 0.3) is 11.1 Å². The van der Waals surface area contributed by atoms with Crippen LogP contribution in [-0.4, -0.2) is 9.97 Å². The molecule has 2 fully saturated rings. The van der Waals surface area contributed by atoms with Crippen LogP contribution in [0.1, 0.15) is 112 Å². The van der Waals surface area contributed by atoms with Gasteiger partial charge in [-0.1, -0.05) is 101 Å². The Bertz CT molecular complexity index is 1330. The van der Waals surface area contributed by atoms with Gasteiger partial charge in [0, 0.05) is 36.6 Å². The maximum Gasteiger partial charge on any atom is 0.0450 e. The van der Waals surface area contributed by atoms with Crippen molar-refractivity contribution in [1.82, 2.24) is 9.97 Å². The van der Waals surface area contributed by atoms with Crippen LogP contribution in [0.5, 0.6) is 0 Å². The highest BCUT2D eigenvalue weighted by molar-refractivity contribution is 5.65. The van der Waals surface area contributed by atoms with Gasteiger partial charge in [0.05, 0.1) is 0 Å². The number of hydrogen-bond donors (Lipinski definition) is 0. The second-order valence-electron chi connectivity index (χ2n) is 13.1. The zero-order valence-electron chi connectivity index (χ0n) is 24.5. The molecule has 206 valence electrons. The zero-order valence-corrected chi connectivity index (χ0v) is 24.5. The van der Waals surface area contributed by atoms with Crippen molar-refractivity contribution in [2.24, 2.45) is 0 Å². The van der Waals surface area contributed by atoms with Crippen LogP contribution in [0.4, 0.5) is 0 Å². The van der Waals surface area contributed by atoms with Crippen molar-refractivity contribution in [3.63, 3.8) is 0 Å². The van der Waals surface area contributed by atoms with Crippen LogP contribution in [0.2, 0.25) is 0 Å². The maximum absolute atomic E-state index is 4.76. The lowest BCUT2D eigenvalue weighted by Crippen LogP contribution is -2.25. The lowest BCUT2D eigenvalue weighted by Gasteiger charge is -2.34. The third-order valence-corrected chi connectivity index (χ3v) is 9.90. The van der Waals surface area contributed by atoms with Crippen LogP contribution < -0.4 is 0 Å². The fourth-order valence-electron chi connectivity index (χ4n) is 7.28. The van der Waals surface area contributed by atoms with Gasteiger partial charge in [-0.2, -0.15) is 0 Å². The molecule has 0 atom stereocenters. The van der Waals surface area contributed by atoms with Gasteiger partial charge in [0.2, 0.25) is 0 Å². The summed E-state index contributed by atoms with van der Waals surface area (Å²) in [5.41, 5.74) is 11.1. The molecule has 0 radical (unpaired) electrons. The van der Waals surface area contributed by atoms with E-state index in [-0.39, 0.29) is 0 Å². The summed E-state index contributed by atoms with van der Waals surface area (Å²) < 4.78 is 0. The summed E-state index contributed by atoms with van der Waals surface area (Å²) in [6.45, 7) is 4.89. The van der Waals surface area contributed by atoms with Crippen molar-refractivity contribution in [3.05, 3.63) is 119 Å². The van der Waals surface area contributed by atoms with Gasteiger partial charge in [0.1, 0.15) is 0 Å². The Morgan fingerprint density at radius 2 is 0.950 bits per heavy atom. The Kier molecular flexibility index (Phi) is 7.87. The third-order valence-electron chi connectivity index (χ3n) is 9.90. The van der Waals surface area contributed by atoms with E-state index in [1.807, 2.05) is 12.4 Å². The quantitative estimate of drug-likeness (QED) is 0.238. The standard InChI is InChI=1S/C38H44N2/c1-37(17-5-3-6-18-37)33-15-21-39-35(27-33)25-29-11-9-13-31(23-29)32-14-10-12-30(24-32)26-36-28-34(16-22-40-36)38(2)19-7-4-8-20-38/h9-16,21-24,27-28H,3-8,17-20,25-26H2,1-2H3. The van der Waals surface area contributed by atoms with Gasteiger partial charge >= 0.3 is 0 Å². The molecule has 2 heteroatoms. The molecule has 2 saturated carbocycles. The lowest BCUT2D eigenvalue weighted by molar-refractivity contribution is 0.319. The average Bonchev–Trinajstić information content (AvgIpc) is 2.99. The molecule has 2 aliphatic carbocycles. The molecular weight excluding hydrogens is 484 g/mol. The Labute approximate surface area is 241 Å². The second kappa shape index (κ2) is 11.7. The highest BCUT2D eigenvalue weighted by Crippen LogP contribution is 2.40. The van der Waals surface area contributed by atoms with E-state index in [0.717, 1.165) is 12.8 Å². The highest BCUT2D eigenvalue weighted by Gasteiger charge is 2.30. The van der Waals surface area contributed by atoms with Gasteiger partial charge < -0.3 is 0 Å². The fraction of sp³-hybridized carbons (Fsp3) is 0.421. The first-order chi connectivity index (χ1) is 19.5. The van der Waals surface area contributed by atoms with E-state index in [9.17, 15) is 0 Å². The molecule has 0 spiro atoms. The van der Waals surface area contributed by atoms with E-state index in [4.69, 9.17) is 9.97 Å². The van der Waals surface area contributed by atoms with Crippen LogP contribution >= 0.6 is 0 Å². The summed E-state index contributed by atoms with van der Waals surface area (Å²) in [4.78, 5) is 9.53. The molecule has 2 aromatic carbocycles. The number of benzene rings is 2. The number of aromatic nitrogens is 2. The number of pyridine rings is 2. The topological polar surface area (TPSA) is 25.8 Å². The van der Waals surface area contributed by atoms with E-state index in [1.165, 1.54) is 109 Å². The van der Waals surface area contributed by atoms with Crippen LogP contribution in [-0.2, 0) is 23.7 Å².